The number of hydrogen-bond acceptors (Lipinski definition) is 6. The van der Waals surface area contributed by atoms with E-state index in [0.29, 0.717) is 0 Å². The molecule has 2 aromatic heterocycles. The molecule has 1 unspecified atom stereocenters. The van der Waals surface area contributed by atoms with Crippen molar-refractivity contribution in [3.8, 4) is 11.6 Å². The molecule has 148 valence electrons. The number of rotatable bonds is 5. The van der Waals surface area contributed by atoms with Crippen LogP contribution < -0.4 is 9.47 Å². The zero-order chi connectivity index (χ0) is 19.7. The third kappa shape index (κ3) is 3.57. The zero-order valence-corrected chi connectivity index (χ0v) is 16.7. The van der Waals surface area contributed by atoms with E-state index >= 15 is 0 Å². The molecule has 8 heteroatoms. The van der Waals surface area contributed by atoms with Crippen molar-refractivity contribution >= 4 is 28.4 Å². The van der Waals surface area contributed by atoms with Gasteiger partial charge in [0.25, 0.3) is 0 Å². The minimum atomic E-state index is -1.34. The van der Waals surface area contributed by atoms with E-state index in [9.17, 15) is 4.79 Å². The summed E-state index contributed by atoms with van der Waals surface area (Å²) in [6.45, 7) is 3.79. The van der Waals surface area contributed by atoms with Crippen molar-refractivity contribution in [3.05, 3.63) is 39.8 Å². The maximum Gasteiger partial charge on any atom is 0.512 e. The van der Waals surface area contributed by atoms with Gasteiger partial charge in [-0.05, 0) is 44.0 Å². The second-order valence-corrected chi connectivity index (χ2v) is 7.90. The first-order chi connectivity index (χ1) is 13.6. The van der Waals surface area contributed by atoms with E-state index in [-0.39, 0.29) is 11.9 Å². The molecule has 1 atom stereocenters. The Labute approximate surface area is 166 Å². The number of nitrogens with one attached hydrogen (secondary N) is 1. The first kappa shape index (κ1) is 18.8. The summed E-state index contributed by atoms with van der Waals surface area (Å²) in [4.78, 5) is 20.9. The van der Waals surface area contributed by atoms with Crippen molar-refractivity contribution in [1.29, 1.82) is 0 Å². The Balaban J connectivity index is 1.65. The van der Waals surface area contributed by atoms with E-state index in [4.69, 9.17) is 14.6 Å². The molecule has 0 saturated carbocycles. The summed E-state index contributed by atoms with van der Waals surface area (Å²) in [5.74, 6) is 1.04. The summed E-state index contributed by atoms with van der Waals surface area (Å²) >= 11 is 1.45. The Morgan fingerprint density at radius 3 is 3.11 bits per heavy atom. The molecule has 0 amide bonds. The van der Waals surface area contributed by atoms with E-state index in [1.807, 2.05) is 6.20 Å². The van der Waals surface area contributed by atoms with Gasteiger partial charge in [0.05, 0.1) is 18.5 Å². The van der Waals surface area contributed by atoms with Crippen LogP contribution in [0.15, 0.2) is 23.7 Å². The zero-order valence-electron chi connectivity index (χ0n) is 15.9. The molecular formula is C20H23N3O4S. The maximum absolute atomic E-state index is 10.8. The van der Waals surface area contributed by atoms with Gasteiger partial charge in [0, 0.05) is 29.2 Å². The topological polar surface area (TPSA) is 87.7 Å². The quantitative estimate of drug-likeness (QED) is 0.601. The highest BCUT2D eigenvalue weighted by molar-refractivity contribution is 7.09. The third-order valence-corrected chi connectivity index (χ3v) is 6.21. The highest BCUT2D eigenvalue weighted by Crippen LogP contribution is 2.38. The summed E-state index contributed by atoms with van der Waals surface area (Å²) in [5.41, 5.74) is 3.46. The number of aryl methyl sites for hydroxylation is 1. The van der Waals surface area contributed by atoms with Crippen LogP contribution in [0.3, 0.4) is 0 Å². The standard InChI is InChI=1S/C20H23N3O4S/c1-12-9-16(26-2)14(13-6-7-21-18(12)13)10-23-8-4-3-5-15(23)19-22-17(11-28-19)27-20(24)25/h6-7,9,11,15,21H,3-5,8,10H2,1-2H3,(H,24,25). The maximum atomic E-state index is 10.8. The molecular weight excluding hydrogens is 378 g/mol. The van der Waals surface area contributed by atoms with E-state index in [1.54, 1.807) is 12.5 Å². The molecule has 0 spiro atoms. The first-order valence-corrected chi connectivity index (χ1v) is 10.2. The average Bonchev–Trinajstić information content (AvgIpc) is 3.33. The lowest BCUT2D eigenvalue weighted by atomic mass is 9.99. The van der Waals surface area contributed by atoms with Crippen LogP contribution in [0, 0.1) is 6.92 Å². The van der Waals surface area contributed by atoms with Crippen LogP contribution in [-0.2, 0) is 6.54 Å². The van der Waals surface area contributed by atoms with Crippen LogP contribution in [0.1, 0.15) is 41.4 Å². The summed E-state index contributed by atoms with van der Waals surface area (Å²) in [6, 6.07) is 4.32. The van der Waals surface area contributed by atoms with Crippen molar-refractivity contribution in [2.75, 3.05) is 13.7 Å². The van der Waals surface area contributed by atoms with Crippen LogP contribution >= 0.6 is 11.3 Å². The number of aromatic amines is 1. The van der Waals surface area contributed by atoms with Crippen molar-refractivity contribution in [1.82, 2.24) is 14.9 Å². The Morgan fingerprint density at radius 1 is 1.46 bits per heavy atom. The van der Waals surface area contributed by atoms with Gasteiger partial charge < -0.3 is 19.6 Å². The fourth-order valence-electron chi connectivity index (χ4n) is 4.01. The highest BCUT2D eigenvalue weighted by Gasteiger charge is 2.28. The summed E-state index contributed by atoms with van der Waals surface area (Å²) < 4.78 is 10.4. The molecule has 1 aliphatic rings. The van der Waals surface area contributed by atoms with Gasteiger partial charge >= 0.3 is 6.16 Å². The van der Waals surface area contributed by atoms with Crippen molar-refractivity contribution in [2.24, 2.45) is 0 Å². The molecule has 1 aromatic carbocycles. The number of thiazole rings is 1. The van der Waals surface area contributed by atoms with Crippen LogP contribution in [-0.4, -0.2) is 39.8 Å². The molecule has 2 N–H and O–H groups in total. The van der Waals surface area contributed by atoms with E-state index in [0.717, 1.165) is 59.8 Å². The van der Waals surface area contributed by atoms with Crippen LogP contribution in [0.5, 0.6) is 11.6 Å². The first-order valence-electron chi connectivity index (χ1n) is 9.30. The molecule has 0 radical (unpaired) electrons. The number of carbonyl (C=O) groups is 1. The van der Waals surface area contributed by atoms with Gasteiger partial charge in [-0.1, -0.05) is 6.42 Å². The molecule has 0 bridgehead atoms. The molecule has 3 heterocycles. The number of nitrogens with zero attached hydrogens (tertiary/aromatic N) is 2. The van der Waals surface area contributed by atoms with Gasteiger partial charge in [0.15, 0.2) is 0 Å². The molecule has 28 heavy (non-hydrogen) atoms. The molecule has 1 saturated heterocycles. The predicted molar refractivity (Wildman–Crippen MR) is 107 cm³/mol. The number of hydrogen-bond donors (Lipinski definition) is 2. The number of fused-ring (bicyclic) bond motifs is 1. The lowest BCUT2D eigenvalue weighted by Crippen LogP contribution is -2.33. The van der Waals surface area contributed by atoms with Gasteiger partial charge in [-0.15, -0.1) is 11.3 Å². The average molecular weight is 401 g/mol. The number of methoxy groups -OCH3 is 1. The van der Waals surface area contributed by atoms with E-state index in [1.165, 1.54) is 16.7 Å². The largest absolute Gasteiger partial charge is 0.512 e. The Bertz CT molecular complexity index is 997. The minimum Gasteiger partial charge on any atom is -0.496 e. The fraction of sp³-hybridized carbons (Fsp3) is 0.400. The second-order valence-electron chi connectivity index (χ2n) is 7.01. The summed E-state index contributed by atoms with van der Waals surface area (Å²) in [7, 11) is 1.71. The summed E-state index contributed by atoms with van der Waals surface area (Å²) in [6.07, 6.45) is 3.87. The number of aromatic nitrogens is 2. The normalized spacial score (nSPS) is 17.7. The van der Waals surface area contributed by atoms with Gasteiger partial charge in [0.1, 0.15) is 10.8 Å². The van der Waals surface area contributed by atoms with Crippen molar-refractivity contribution < 1.29 is 19.4 Å². The van der Waals surface area contributed by atoms with Gasteiger partial charge in [-0.2, -0.15) is 0 Å². The van der Waals surface area contributed by atoms with E-state index in [2.05, 4.69) is 33.9 Å². The number of ether oxygens (including phenoxy) is 2. The Hall–Kier alpha value is -2.58. The predicted octanol–water partition coefficient (Wildman–Crippen LogP) is 4.73. The van der Waals surface area contributed by atoms with Crippen molar-refractivity contribution in [2.45, 2.75) is 38.8 Å². The smallest absolute Gasteiger partial charge is 0.496 e. The number of piperidine rings is 1. The lowest BCUT2D eigenvalue weighted by Gasteiger charge is -2.35. The number of benzene rings is 1. The van der Waals surface area contributed by atoms with Crippen LogP contribution in [0.25, 0.3) is 10.9 Å². The van der Waals surface area contributed by atoms with Crippen LogP contribution in [0.2, 0.25) is 0 Å². The molecule has 4 rings (SSSR count). The second kappa shape index (κ2) is 7.81. The summed E-state index contributed by atoms with van der Waals surface area (Å²) in [5, 5.41) is 12.5. The molecule has 1 fully saturated rings. The van der Waals surface area contributed by atoms with Crippen LogP contribution in [0.4, 0.5) is 4.79 Å². The number of carboxylic acid groups (broad SMARTS) is 1. The lowest BCUT2D eigenvalue weighted by molar-refractivity contribution is 0.135. The molecule has 7 nitrogen and oxygen atoms in total. The Kier molecular flexibility index (Phi) is 5.23. The number of likely N-dealkylation sites (tertiary alicyclic amines) is 1. The monoisotopic (exact) mass is 401 g/mol. The molecule has 3 aromatic rings. The van der Waals surface area contributed by atoms with Gasteiger partial charge in [0.2, 0.25) is 5.88 Å². The fourth-order valence-corrected chi connectivity index (χ4v) is 4.89. The molecule has 1 aliphatic heterocycles. The van der Waals surface area contributed by atoms with Gasteiger partial charge in [-0.3, -0.25) is 4.90 Å². The van der Waals surface area contributed by atoms with Gasteiger partial charge in [-0.25, -0.2) is 9.78 Å². The minimum absolute atomic E-state index is 0.143. The van der Waals surface area contributed by atoms with Crippen molar-refractivity contribution in [3.63, 3.8) is 0 Å². The molecule has 0 aliphatic carbocycles. The van der Waals surface area contributed by atoms with E-state index < -0.39 is 6.16 Å². The number of H-pyrrole nitrogens is 1. The third-order valence-electron chi connectivity index (χ3n) is 5.28. The highest BCUT2D eigenvalue weighted by atomic mass is 32.1. The Morgan fingerprint density at radius 2 is 2.32 bits per heavy atom. The SMILES string of the molecule is COc1cc(C)c2[nH]ccc2c1CN1CCCCC1c1nc(OC(=O)O)cs1.